The second kappa shape index (κ2) is 10.8. The molecule has 0 aliphatic rings. The Bertz CT molecular complexity index is 800. The van der Waals surface area contributed by atoms with Crippen LogP contribution < -0.4 is 5.32 Å². The smallest absolute Gasteiger partial charge is 0.224 e. The predicted octanol–water partition coefficient (Wildman–Crippen LogP) is 4.03. The zero-order valence-corrected chi connectivity index (χ0v) is 19.7. The maximum absolute atomic E-state index is 10.3. The monoisotopic (exact) mass is 442 g/mol. The van der Waals surface area contributed by atoms with Gasteiger partial charge in [-0.25, -0.2) is 4.98 Å². The number of nitrogens with one attached hydrogen (secondary N) is 1. The number of hydrogen-bond donors (Lipinski definition) is 2. The summed E-state index contributed by atoms with van der Waals surface area (Å²) in [6.45, 7) is 15.2. The molecule has 0 aliphatic carbocycles. The Hall–Kier alpha value is -1.29. The highest BCUT2D eigenvalue weighted by Gasteiger charge is 2.28. The lowest BCUT2D eigenvalue weighted by Gasteiger charge is -2.30. The van der Waals surface area contributed by atoms with Crippen LogP contribution in [0.5, 0.6) is 0 Å². The number of aromatic nitrogens is 3. The molecule has 0 amide bonds. The molecular weight excluding hydrogens is 408 g/mol. The fraction of sp³-hybridized carbons (Fsp3) is 0.714. The lowest BCUT2D eigenvalue weighted by atomic mass is 10.0. The molecule has 0 bridgehead atoms. The Balaban J connectivity index is 2.47. The summed E-state index contributed by atoms with van der Waals surface area (Å²) in [6, 6.07) is 1.89. The third kappa shape index (κ3) is 6.60. The lowest BCUT2D eigenvalue weighted by molar-refractivity contribution is -0.182. The molecule has 2 rings (SSSR count). The minimum Gasteiger partial charge on any atom is -0.356 e. The highest BCUT2D eigenvalue weighted by molar-refractivity contribution is 6.28. The lowest BCUT2D eigenvalue weighted by Crippen LogP contribution is -2.42. The van der Waals surface area contributed by atoms with Crippen LogP contribution in [-0.2, 0) is 14.2 Å². The maximum atomic E-state index is 10.3. The summed E-state index contributed by atoms with van der Waals surface area (Å²) in [6.07, 6.45) is 0.0523. The van der Waals surface area contributed by atoms with Crippen LogP contribution in [0.3, 0.4) is 0 Å². The van der Waals surface area contributed by atoms with Crippen LogP contribution in [0.1, 0.15) is 66.5 Å². The molecule has 2 N–H and O–H groups in total. The van der Waals surface area contributed by atoms with Crippen LogP contribution in [0.2, 0.25) is 5.28 Å². The fourth-order valence-corrected chi connectivity index (χ4v) is 3.41. The first kappa shape index (κ1) is 25.0. The van der Waals surface area contributed by atoms with E-state index in [-0.39, 0.29) is 17.2 Å². The summed E-state index contributed by atoms with van der Waals surface area (Å²) in [7, 11) is 0. The van der Waals surface area contributed by atoms with E-state index in [2.05, 4.69) is 33.7 Å². The standard InChI is InChI=1S/C21H35ClN4O4/c1-8-28-18(29-9-2)15-10-14-11-23-19(22)25-17(14)26(15)16(13(3)4)12-24-20(27)30-21(5,6)7/h10-11,13,16,18,20,24,27H,8-9,12H2,1-7H3. The van der Waals surface area contributed by atoms with Crippen molar-refractivity contribution in [2.24, 2.45) is 5.92 Å². The summed E-state index contributed by atoms with van der Waals surface area (Å²) < 4.78 is 19.4. The van der Waals surface area contributed by atoms with E-state index in [1.54, 1.807) is 6.20 Å². The van der Waals surface area contributed by atoms with Crippen molar-refractivity contribution >= 4 is 22.6 Å². The molecule has 0 aliphatic heterocycles. The van der Waals surface area contributed by atoms with Gasteiger partial charge < -0.3 is 23.9 Å². The molecule has 2 unspecified atom stereocenters. The first-order chi connectivity index (χ1) is 14.1. The van der Waals surface area contributed by atoms with Gasteiger partial charge in [0, 0.05) is 31.3 Å². The van der Waals surface area contributed by atoms with E-state index in [9.17, 15) is 5.11 Å². The van der Waals surface area contributed by atoms with Crippen molar-refractivity contribution in [3.8, 4) is 0 Å². The molecule has 2 aromatic heterocycles. The number of nitrogens with zero attached hydrogens (tertiary/aromatic N) is 3. The van der Waals surface area contributed by atoms with Crippen LogP contribution >= 0.6 is 11.6 Å². The van der Waals surface area contributed by atoms with Gasteiger partial charge in [-0.15, -0.1) is 0 Å². The minimum atomic E-state index is -1.09. The van der Waals surface area contributed by atoms with Crippen molar-refractivity contribution in [2.45, 2.75) is 72.8 Å². The van der Waals surface area contributed by atoms with Crippen molar-refractivity contribution in [3.05, 3.63) is 23.2 Å². The Kier molecular flexibility index (Phi) is 9.02. The van der Waals surface area contributed by atoms with E-state index in [1.165, 1.54) is 0 Å². The predicted molar refractivity (Wildman–Crippen MR) is 117 cm³/mol. The summed E-state index contributed by atoms with van der Waals surface area (Å²) in [5, 5.41) is 14.4. The summed E-state index contributed by atoms with van der Waals surface area (Å²) in [4.78, 5) is 8.59. The van der Waals surface area contributed by atoms with Crippen molar-refractivity contribution in [1.29, 1.82) is 0 Å². The second-order valence-electron chi connectivity index (χ2n) is 8.40. The number of rotatable bonds is 11. The van der Waals surface area contributed by atoms with Crippen molar-refractivity contribution in [2.75, 3.05) is 19.8 Å². The molecule has 0 spiro atoms. The average Bonchev–Trinajstić information content (AvgIpc) is 2.98. The van der Waals surface area contributed by atoms with Crippen LogP contribution in [0.4, 0.5) is 0 Å². The van der Waals surface area contributed by atoms with Gasteiger partial charge in [0.05, 0.1) is 17.3 Å². The molecule has 170 valence electrons. The van der Waals surface area contributed by atoms with Gasteiger partial charge in [0.15, 0.2) is 6.29 Å². The van der Waals surface area contributed by atoms with Crippen LogP contribution in [-0.4, -0.2) is 51.4 Å². The Morgan fingerprint density at radius 3 is 2.37 bits per heavy atom. The first-order valence-corrected chi connectivity index (χ1v) is 10.8. The van der Waals surface area contributed by atoms with E-state index >= 15 is 0 Å². The second-order valence-corrected chi connectivity index (χ2v) is 8.74. The van der Waals surface area contributed by atoms with Crippen molar-refractivity contribution in [3.63, 3.8) is 0 Å². The molecule has 0 saturated heterocycles. The van der Waals surface area contributed by atoms with Gasteiger partial charge in [-0.05, 0) is 58.2 Å². The zero-order chi connectivity index (χ0) is 22.5. The molecule has 30 heavy (non-hydrogen) atoms. The number of aliphatic hydroxyl groups is 1. The zero-order valence-electron chi connectivity index (χ0n) is 19.0. The van der Waals surface area contributed by atoms with E-state index < -0.39 is 18.3 Å². The number of fused-ring (bicyclic) bond motifs is 1. The van der Waals surface area contributed by atoms with E-state index in [4.69, 9.17) is 25.8 Å². The van der Waals surface area contributed by atoms with Gasteiger partial charge in [-0.3, -0.25) is 5.32 Å². The highest BCUT2D eigenvalue weighted by Crippen LogP contribution is 2.32. The van der Waals surface area contributed by atoms with Gasteiger partial charge in [0.2, 0.25) is 11.7 Å². The van der Waals surface area contributed by atoms with Gasteiger partial charge >= 0.3 is 0 Å². The largest absolute Gasteiger partial charge is 0.356 e. The van der Waals surface area contributed by atoms with Crippen molar-refractivity contribution in [1.82, 2.24) is 19.9 Å². The van der Waals surface area contributed by atoms with E-state index in [1.807, 2.05) is 40.7 Å². The number of ether oxygens (including phenoxy) is 3. The third-order valence-electron chi connectivity index (χ3n) is 4.52. The molecule has 2 atom stereocenters. The normalized spacial score (nSPS) is 14.8. The van der Waals surface area contributed by atoms with Crippen LogP contribution in [0, 0.1) is 5.92 Å². The molecule has 0 aromatic carbocycles. The molecular formula is C21H35ClN4O4. The molecule has 9 heteroatoms. The number of halogens is 1. The van der Waals surface area contributed by atoms with Gasteiger partial charge in [-0.1, -0.05) is 13.8 Å². The Morgan fingerprint density at radius 2 is 1.83 bits per heavy atom. The number of hydrogen-bond acceptors (Lipinski definition) is 7. The van der Waals surface area contributed by atoms with E-state index in [0.29, 0.717) is 25.4 Å². The number of aliphatic hydroxyl groups excluding tert-OH is 1. The first-order valence-electron chi connectivity index (χ1n) is 10.4. The average molecular weight is 443 g/mol. The molecule has 0 saturated carbocycles. The minimum absolute atomic E-state index is 0.0786. The van der Waals surface area contributed by atoms with Crippen LogP contribution in [0.15, 0.2) is 12.3 Å². The Morgan fingerprint density at radius 1 is 1.20 bits per heavy atom. The Labute approximate surface area is 183 Å². The third-order valence-corrected chi connectivity index (χ3v) is 4.70. The highest BCUT2D eigenvalue weighted by atomic mass is 35.5. The summed E-state index contributed by atoms with van der Waals surface area (Å²) >= 11 is 6.11. The summed E-state index contributed by atoms with van der Waals surface area (Å²) in [5.41, 5.74) is 1.05. The van der Waals surface area contributed by atoms with E-state index in [0.717, 1.165) is 11.1 Å². The SMILES string of the molecule is CCOC(OCC)c1cc2cnc(Cl)nc2n1C(CNC(O)OC(C)(C)C)C(C)C. The van der Waals surface area contributed by atoms with Gasteiger partial charge in [-0.2, -0.15) is 4.98 Å². The van der Waals surface area contributed by atoms with Crippen LogP contribution in [0.25, 0.3) is 11.0 Å². The quantitative estimate of drug-likeness (QED) is 0.401. The van der Waals surface area contributed by atoms with Crippen molar-refractivity contribution < 1.29 is 19.3 Å². The molecule has 2 heterocycles. The summed E-state index contributed by atoms with van der Waals surface area (Å²) in [5.74, 6) is 0.200. The fourth-order valence-electron chi connectivity index (χ4n) is 3.28. The molecule has 0 radical (unpaired) electrons. The topological polar surface area (TPSA) is 90.7 Å². The van der Waals surface area contributed by atoms with Gasteiger partial charge in [0.1, 0.15) is 5.65 Å². The van der Waals surface area contributed by atoms with Gasteiger partial charge in [0.25, 0.3) is 0 Å². The molecule has 2 aromatic rings. The maximum Gasteiger partial charge on any atom is 0.224 e. The molecule has 0 fully saturated rings. The molecule has 8 nitrogen and oxygen atoms in total.